The summed E-state index contributed by atoms with van der Waals surface area (Å²) in [4.78, 5) is 13.9. The molecular weight excluding hydrogens is 296 g/mol. The van der Waals surface area contributed by atoms with Crippen LogP contribution in [-0.4, -0.2) is 25.1 Å². The first kappa shape index (κ1) is 15.8. The summed E-state index contributed by atoms with van der Waals surface area (Å²) < 4.78 is 0. The molecule has 0 saturated heterocycles. The second kappa shape index (κ2) is 7.42. The molecule has 0 fully saturated rings. The lowest BCUT2D eigenvalue weighted by atomic mass is 10.2. The fraction of sp³-hybridized carbons (Fsp3) is 0.125. The number of benzene rings is 2. The molecule has 0 aromatic heterocycles. The first-order chi connectivity index (χ1) is 10.6. The maximum Gasteiger partial charge on any atom is 0.269 e. The van der Waals surface area contributed by atoms with Gasteiger partial charge in [0, 0.05) is 31.0 Å². The zero-order chi connectivity index (χ0) is 15.9. The van der Waals surface area contributed by atoms with Crippen LogP contribution in [0.3, 0.4) is 0 Å². The van der Waals surface area contributed by atoms with Gasteiger partial charge in [0.2, 0.25) is 0 Å². The fourth-order valence-corrected chi connectivity index (χ4v) is 1.95. The highest BCUT2D eigenvalue weighted by atomic mass is 32.1. The normalized spacial score (nSPS) is 9.73. The number of hydrogen-bond donors (Lipinski definition) is 3. The van der Waals surface area contributed by atoms with Crippen LogP contribution in [0, 0.1) is 0 Å². The van der Waals surface area contributed by atoms with E-state index in [2.05, 4.69) is 16.2 Å². The van der Waals surface area contributed by atoms with Crippen molar-refractivity contribution in [3.05, 3.63) is 60.2 Å². The Bertz CT molecular complexity index is 641. The number of nitrogens with one attached hydrogen (secondary N) is 3. The summed E-state index contributed by atoms with van der Waals surface area (Å²) in [5.74, 6) is -0.243. The fourth-order valence-electron chi connectivity index (χ4n) is 1.78. The van der Waals surface area contributed by atoms with Gasteiger partial charge in [-0.1, -0.05) is 18.2 Å². The van der Waals surface area contributed by atoms with E-state index in [1.54, 1.807) is 24.3 Å². The SMILES string of the molecule is CN(C)c1ccc(NC(=S)NNC(=O)c2ccccc2)cc1. The van der Waals surface area contributed by atoms with Crippen molar-refractivity contribution in [2.45, 2.75) is 0 Å². The van der Waals surface area contributed by atoms with Crippen LogP contribution in [-0.2, 0) is 0 Å². The second-order valence-corrected chi connectivity index (χ2v) is 5.25. The van der Waals surface area contributed by atoms with Gasteiger partial charge >= 0.3 is 0 Å². The maximum absolute atomic E-state index is 11.9. The van der Waals surface area contributed by atoms with E-state index in [0.717, 1.165) is 11.4 Å². The van der Waals surface area contributed by atoms with Crippen LogP contribution in [0.4, 0.5) is 11.4 Å². The van der Waals surface area contributed by atoms with E-state index in [0.29, 0.717) is 10.7 Å². The van der Waals surface area contributed by atoms with Gasteiger partial charge in [0.1, 0.15) is 0 Å². The molecule has 6 heteroatoms. The smallest absolute Gasteiger partial charge is 0.269 e. The second-order valence-electron chi connectivity index (χ2n) is 4.84. The average molecular weight is 314 g/mol. The molecule has 1 amide bonds. The summed E-state index contributed by atoms with van der Waals surface area (Å²) in [6.07, 6.45) is 0. The number of rotatable bonds is 3. The van der Waals surface area contributed by atoms with Crippen molar-refractivity contribution in [1.29, 1.82) is 0 Å². The average Bonchev–Trinajstić information content (AvgIpc) is 2.54. The molecule has 22 heavy (non-hydrogen) atoms. The Morgan fingerprint density at radius 3 is 2.18 bits per heavy atom. The largest absolute Gasteiger partial charge is 0.378 e. The van der Waals surface area contributed by atoms with E-state index < -0.39 is 0 Å². The minimum Gasteiger partial charge on any atom is -0.378 e. The number of nitrogens with zero attached hydrogens (tertiary/aromatic N) is 1. The molecule has 2 rings (SSSR count). The van der Waals surface area contributed by atoms with E-state index in [1.807, 2.05) is 49.3 Å². The molecule has 0 spiro atoms. The van der Waals surface area contributed by atoms with Crippen molar-refractivity contribution in [2.75, 3.05) is 24.3 Å². The Hall–Kier alpha value is -2.60. The van der Waals surface area contributed by atoms with E-state index in [9.17, 15) is 4.79 Å². The lowest BCUT2D eigenvalue weighted by Gasteiger charge is -2.14. The zero-order valence-electron chi connectivity index (χ0n) is 12.5. The van der Waals surface area contributed by atoms with Crippen molar-refractivity contribution < 1.29 is 4.79 Å². The highest BCUT2D eigenvalue weighted by Crippen LogP contribution is 2.15. The summed E-state index contributed by atoms with van der Waals surface area (Å²) in [5.41, 5.74) is 7.73. The van der Waals surface area contributed by atoms with Crippen molar-refractivity contribution in [1.82, 2.24) is 10.9 Å². The lowest BCUT2D eigenvalue weighted by molar-refractivity contribution is 0.0944. The van der Waals surface area contributed by atoms with Gasteiger partial charge in [0.25, 0.3) is 5.91 Å². The monoisotopic (exact) mass is 314 g/mol. The highest BCUT2D eigenvalue weighted by Gasteiger charge is 2.04. The van der Waals surface area contributed by atoms with Crippen molar-refractivity contribution in [3.63, 3.8) is 0 Å². The lowest BCUT2D eigenvalue weighted by Crippen LogP contribution is -2.43. The molecule has 0 unspecified atom stereocenters. The number of thiocarbonyl (C=S) groups is 1. The molecule has 0 heterocycles. The van der Waals surface area contributed by atoms with Crippen molar-refractivity contribution in [2.24, 2.45) is 0 Å². The van der Waals surface area contributed by atoms with E-state index >= 15 is 0 Å². The molecule has 2 aromatic rings. The summed E-state index contributed by atoms with van der Waals surface area (Å²) in [6.45, 7) is 0. The predicted molar refractivity (Wildman–Crippen MR) is 94.0 cm³/mol. The Labute approximate surface area is 135 Å². The van der Waals surface area contributed by atoms with Gasteiger partial charge in [-0.2, -0.15) is 0 Å². The molecule has 0 atom stereocenters. The number of carbonyl (C=O) groups excluding carboxylic acids is 1. The third-order valence-corrected chi connectivity index (χ3v) is 3.17. The van der Waals surface area contributed by atoms with Crippen LogP contribution in [0.15, 0.2) is 54.6 Å². The van der Waals surface area contributed by atoms with Crippen molar-refractivity contribution in [3.8, 4) is 0 Å². The van der Waals surface area contributed by atoms with Crippen LogP contribution in [0.25, 0.3) is 0 Å². The van der Waals surface area contributed by atoms with E-state index in [1.165, 1.54) is 0 Å². The first-order valence-electron chi connectivity index (χ1n) is 6.76. The standard InChI is InChI=1S/C16H18N4OS/c1-20(2)14-10-8-13(9-11-14)17-16(22)19-18-15(21)12-6-4-3-5-7-12/h3-11H,1-2H3,(H,18,21)(H2,17,19,22). The molecule has 0 saturated carbocycles. The molecule has 0 radical (unpaired) electrons. The zero-order valence-corrected chi connectivity index (χ0v) is 13.3. The van der Waals surface area contributed by atoms with Crippen LogP contribution in [0.5, 0.6) is 0 Å². The van der Waals surface area contributed by atoms with Gasteiger partial charge in [-0.3, -0.25) is 15.6 Å². The minimum atomic E-state index is -0.243. The number of hydrazine groups is 1. The number of anilines is 2. The van der Waals surface area contributed by atoms with Gasteiger partial charge in [-0.25, -0.2) is 0 Å². The quantitative estimate of drug-likeness (QED) is 0.600. The first-order valence-corrected chi connectivity index (χ1v) is 7.17. The molecule has 5 nitrogen and oxygen atoms in total. The van der Waals surface area contributed by atoms with Crippen LogP contribution >= 0.6 is 12.2 Å². The molecule has 0 bridgehead atoms. The Morgan fingerprint density at radius 2 is 1.59 bits per heavy atom. The third-order valence-electron chi connectivity index (χ3n) is 2.97. The summed E-state index contributed by atoms with van der Waals surface area (Å²) >= 11 is 5.14. The number of amides is 1. The van der Waals surface area contributed by atoms with Gasteiger partial charge in [-0.05, 0) is 48.6 Å². The van der Waals surface area contributed by atoms with Gasteiger partial charge in [0.15, 0.2) is 5.11 Å². The van der Waals surface area contributed by atoms with Crippen LogP contribution in [0.1, 0.15) is 10.4 Å². The van der Waals surface area contributed by atoms with Crippen LogP contribution < -0.4 is 21.1 Å². The number of carbonyl (C=O) groups is 1. The minimum absolute atomic E-state index is 0.243. The Morgan fingerprint density at radius 1 is 0.955 bits per heavy atom. The number of hydrogen-bond acceptors (Lipinski definition) is 3. The summed E-state index contributed by atoms with van der Waals surface area (Å²) in [7, 11) is 3.96. The molecule has 0 aliphatic carbocycles. The molecule has 0 aliphatic rings. The molecular formula is C16H18N4OS. The predicted octanol–water partition coefficient (Wildman–Crippen LogP) is 2.38. The topological polar surface area (TPSA) is 56.4 Å². The van der Waals surface area contributed by atoms with E-state index in [-0.39, 0.29) is 5.91 Å². The van der Waals surface area contributed by atoms with Crippen LogP contribution in [0.2, 0.25) is 0 Å². The highest BCUT2D eigenvalue weighted by molar-refractivity contribution is 7.80. The molecule has 3 N–H and O–H groups in total. The Balaban J connectivity index is 1.84. The Kier molecular flexibility index (Phi) is 5.32. The maximum atomic E-state index is 11.9. The van der Waals surface area contributed by atoms with Gasteiger partial charge in [-0.15, -0.1) is 0 Å². The summed E-state index contributed by atoms with van der Waals surface area (Å²) in [6, 6.07) is 16.7. The van der Waals surface area contributed by atoms with Crippen molar-refractivity contribution >= 4 is 34.6 Å². The molecule has 0 aliphatic heterocycles. The third kappa shape index (κ3) is 4.46. The molecule has 114 valence electrons. The summed E-state index contributed by atoms with van der Waals surface area (Å²) in [5, 5.41) is 3.32. The molecule has 2 aromatic carbocycles. The van der Waals surface area contributed by atoms with E-state index in [4.69, 9.17) is 12.2 Å². The van der Waals surface area contributed by atoms with Gasteiger partial charge in [0.05, 0.1) is 0 Å². The van der Waals surface area contributed by atoms with Gasteiger partial charge < -0.3 is 10.2 Å².